The molecule has 2 N–H and O–H groups in total. The number of hydrogen-bond acceptors (Lipinski definition) is 5. The maximum absolute atomic E-state index is 13.2. The van der Waals surface area contributed by atoms with E-state index in [0.717, 1.165) is 11.3 Å². The highest BCUT2D eigenvalue weighted by molar-refractivity contribution is 6.07. The number of likely N-dealkylation sites (tertiary alicyclic amines) is 1. The van der Waals surface area contributed by atoms with Crippen molar-refractivity contribution in [3.63, 3.8) is 0 Å². The molecule has 4 amide bonds. The number of piperidine rings is 1. The lowest BCUT2D eigenvalue weighted by molar-refractivity contribution is -0.133. The summed E-state index contributed by atoms with van der Waals surface area (Å²) < 4.78 is 5.16. The van der Waals surface area contributed by atoms with E-state index in [0.29, 0.717) is 44.5 Å². The molecule has 1 aromatic carbocycles. The van der Waals surface area contributed by atoms with Gasteiger partial charge in [0, 0.05) is 31.9 Å². The van der Waals surface area contributed by atoms with Crippen molar-refractivity contribution >= 4 is 17.8 Å². The van der Waals surface area contributed by atoms with Crippen LogP contribution in [0.3, 0.4) is 0 Å². The molecule has 3 heterocycles. The Morgan fingerprint density at radius 2 is 1.79 bits per heavy atom. The Morgan fingerprint density at radius 3 is 2.39 bits per heavy atom. The molecule has 0 unspecified atom stereocenters. The number of ether oxygens (including phenoxy) is 1. The first-order valence-electron chi connectivity index (χ1n) is 11.1. The number of H-pyrrole nitrogens is 1. The van der Waals surface area contributed by atoms with Crippen LogP contribution in [0, 0.1) is 5.92 Å². The van der Waals surface area contributed by atoms with Crippen molar-refractivity contribution in [2.45, 2.75) is 31.7 Å². The molecule has 2 aliphatic rings. The highest BCUT2D eigenvalue weighted by atomic mass is 16.5. The molecule has 1 atom stereocenters. The lowest BCUT2D eigenvalue weighted by Crippen LogP contribution is -2.54. The van der Waals surface area contributed by atoms with E-state index in [2.05, 4.69) is 10.3 Å². The summed E-state index contributed by atoms with van der Waals surface area (Å²) in [4.78, 5) is 55.3. The molecule has 0 radical (unpaired) electrons. The van der Waals surface area contributed by atoms with Gasteiger partial charge >= 0.3 is 6.03 Å². The largest absolute Gasteiger partial charge is 0.497 e. The summed E-state index contributed by atoms with van der Waals surface area (Å²) in [5.74, 6) is 0.315. The Labute approximate surface area is 191 Å². The molecule has 4 rings (SSSR count). The number of nitrogens with zero attached hydrogens (tertiary/aromatic N) is 2. The number of urea groups is 1. The van der Waals surface area contributed by atoms with Crippen molar-refractivity contribution in [3.05, 3.63) is 64.1 Å². The number of amides is 4. The molecule has 33 heavy (non-hydrogen) atoms. The van der Waals surface area contributed by atoms with Crippen LogP contribution in [0.5, 0.6) is 5.75 Å². The van der Waals surface area contributed by atoms with Crippen LogP contribution in [0.2, 0.25) is 0 Å². The van der Waals surface area contributed by atoms with Gasteiger partial charge in [0.15, 0.2) is 0 Å². The molecule has 0 saturated carbocycles. The number of aromatic nitrogens is 1. The van der Waals surface area contributed by atoms with E-state index in [1.54, 1.807) is 18.9 Å². The highest BCUT2D eigenvalue weighted by Crippen LogP contribution is 2.34. The standard InChI is InChI=1S/C24H28N4O5/c1-24(18-10-12-27(13-11-18)21(30)17-5-8-20(29)25-15-17)22(31)28(23(32)26-24)14-9-16-3-6-19(33-2)7-4-16/h3-8,15,18H,9-14H2,1-2H3,(H,25,29)(H,26,32)/t24-/m1/s1. The van der Waals surface area contributed by atoms with Gasteiger partial charge in [-0.15, -0.1) is 0 Å². The van der Waals surface area contributed by atoms with Crippen LogP contribution in [0.25, 0.3) is 0 Å². The fourth-order valence-electron chi connectivity index (χ4n) is 4.61. The molecule has 0 spiro atoms. The number of nitrogens with one attached hydrogen (secondary N) is 2. The molecule has 2 aliphatic heterocycles. The Balaban J connectivity index is 1.36. The van der Waals surface area contributed by atoms with E-state index in [1.807, 2.05) is 24.3 Å². The molecule has 0 bridgehead atoms. The molecular weight excluding hydrogens is 424 g/mol. The van der Waals surface area contributed by atoms with Gasteiger partial charge in [0.25, 0.3) is 11.8 Å². The van der Waals surface area contributed by atoms with Gasteiger partial charge in [-0.1, -0.05) is 12.1 Å². The lowest BCUT2D eigenvalue weighted by atomic mass is 9.78. The monoisotopic (exact) mass is 452 g/mol. The van der Waals surface area contributed by atoms with Crippen molar-refractivity contribution in [2.75, 3.05) is 26.7 Å². The van der Waals surface area contributed by atoms with E-state index in [-0.39, 0.29) is 29.3 Å². The number of carbonyl (C=O) groups is 3. The third-order valence-corrected chi connectivity index (χ3v) is 6.71. The zero-order valence-corrected chi connectivity index (χ0v) is 18.8. The third-order valence-electron chi connectivity index (χ3n) is 6.71. The van der Waals surface area contributed by atoms with Gasteiger partial charge in [-0.25, -0.2) is 4.79 Å². The number of hydrogen-bond donors (Lipinski definition) is 2. The van der Waals surface area contributed by atoms with E-state index < -0.39 is 5.54 Å². The van der Waals surface area contributed by atoms with E-state index in [4.69, 9.17) is 4.74 Å². The Kier molecular flexibility index (Phi) is 6.22. The van der Waals surface area contributed by atoms with Gasteiger partial charge in [-0.3, -0.25) is 19.3 Å². The average Bonchev–Trinajstić information content (AvgIpc) is 3.06. The maximum atomic E-state index is 13.2. The summed E-state index contributed by atoms with van der Waals surface area (Å²) in [5.41, 5.74) is 0.197. The summed E-state index contributed by atoms with van der Waals surface area (Å²) >= 11 is 0. The van der Waals surface area contributed by atoms with Crippen LogP contribution in [-0.4, -0.2) is 64.9 Å². The quantitative estimate of drug-likeness (QED) is 0.649. The fraction of sp³-hybridized carbons (Fsp3) is 0.417. The molecule has 2 fully saturated rings. The summed E-state index contributed by atoms with van der Waals surface area (Å²) in [6, 6.07) is 10.0. The van der Waals surface area contributed by atoms with E-state index in [9.17, 15) is 19.2 Å². The zero-order valence-electron chi connectivity index (χ0n) is 18.8. The molecule has 9 nitrogen and oxygen atoms in total. The lowest BCUT2D eigenvalue weighted by Gasteiger charge is -2.38. The first-order chi connectivity index (χ1) is 15.8. The van der Waals surface area contributed by atoms with Gasteiger partial charge in [0.1, 0.15) is 11.3 Å². The van der Waals surface area contributed by atoms with Gasteiger partial charge in [0.2, 0.25) is 5.56 Å². The number of aromatic amines is 1. The van der Waals surface area contributed by atoms with Crippen molar-refractivity contribution < 1.29 is 19.1 Å². The first kappa shape index (κ1) is 22.6. The van der Waals surface area contributed by atoms with Crippen LogP contribution in [0.15, 0.2) is 47.4 Å². The minimum Gasteiger partial charge on any atom is -0.497 e. The topological polar surface area (TPSA) is 112 Å². The zero-order chi connectivity index (χ0) is 23.6. The molecule has 9 heteroatoms. The number of rotatable bonds is 6. The predicted octanol–water partition coefficient (Wildman–Crippen LogP) is 1.79. The first-order valence-corrected chi connectivity index (χ1v) is 11.1. The van der Waals surface area contributed by atoms with Crippen LogP contribution in [0.4, 0.5) is 4.79 Å². The summed E-state index contributed by atoms with van der Waals surface area (Å²) in [7, 11) is 1.60. The Morgan fingerprint density at radius 1 is 1.09 bits per heavy atom. The molecule has 1 aromatic heterocycles. The van der Waals surface area contributed by atoms with Crippen molar-refractivity contribution in [1.82, 2.24) is 20.1 Å². The van der Waals surface area contributed by atoms with Crippen molar-refractivity contribution in [2.24, 2.45) is 5.92 Å². The van der Waals surface area contributed by atoms with Crippen LogP contribution < -0.4 is 15.6 Å². The summed E-state index contributed by atoms with van der Waals surface area (Å²) in [6.45, 7) is 3.04. The van der Waals surface area contributed by atoms with E-state index >= 15 is 0 Å². The molecular formula is C24H28N4O5. The predicted molar refractivity (Wildman–Crippen MR) is 121 cm³/mol. The van der Waals surface area contributed by atoms with Gasteiger partial charge < -0.3 is 19.9 Å². The second-order valence-corrected chi connectivity index (χ2v) is 8.70. The SMILES string of the molecule is COc1ccc(CCN2C(=O)N[C@](C)(C3CCN(C(=O)c4ccc(=O)[nH]c4)CC3)C2=O)cc1. The Hall–Kier alpha value is -3.62. The fourth-order valence-corrected chi connectivity index (χ4v) is 4.61. The van der Waals surface area contributed by atoms with Crippen LogP contribution in [-0.2, 0) is 11.2 Å². The average molecular weight is 453 g/mol. The second kappa shape index (κ2) is 9.09. The molecule has 2 saturated heterocycles. The third kappa shape index (κ3) is 4.48. The Bertz CT molecular complexity index is 1080. The number of carbonyl (C=O) groups excluding carboxylic acids is 3. The second-order valence-electron chi connectivity index (χ2n) is 8.70. The van der Waals surface area contributed by atoms with Crippen LogP contribution >= 0.6 is 0 Å². The van der Waals surface area contributed by atoms with E-state index in [1.165, 1.54) is 23.2 Å². The normalized spacial score (nSPS) is 21.3. The number of benzene rings is 1. The highest BCUT2D eigenvalue weighted by Gasteiger charge is 2.52. The van der Waals surface area contributed by atoms with Gasteiger partial charge in [-0.2, -0.15) is 0 Å². The smallest absolute Gasteiger partial charge is 0.325 e. The van der Waals surface area contributed by atoms with Gasteiger partial charge in [-0.05, 0) is 55.9 Å². The summed E-state index contributed by atoms with van der Waals surface area (Å²) in [6.07, 6.45) is 3.18. The number of imide groups is 1. The minimum absolute atomic E-state index is 0.0698. The summed E-state index contributed by atoms with van der Waals surface area (Å²) in [5, 5.41) is 2.91. The minimum atomic E-state index is -0.982. The van der Waals surface area contributed by atoms with Crippen molar-refractivity contribution in [1.29, 1.82) is 0 Å². The van der Waals surface area contributed by atoms with Crippen molar-refractivity contribution in [3.8, 4) is 5.75 Å². The molecule has 2 aromatic rings. The molecule has 0 aliphatic carbocycles. The number of pyridine rings is 1. The van der Waals surface area contributed by atoms with Gasteiger partial charge in [0.05, 0.1) is 12.7 Å². The van der Waals surface area contributed by atoms with Crippen LogP contribution in [0.1, 0.15) is 35.7 Å². The molecule has 174 valence electrons. The number of methoxy groups -OCH3 is 1. The maximum Gasteiger partial charge on any atom is 0.325 e.